The monoisotopic (exact) mass is 474 g/mol. The molecule has 8 nitrogen and oxygen atoms in total. The van der Waals surface area contributed by atoms with Crippen molar-refractivity contribution in [3.63, 3.8) is 0 Å². The summed E-state index contributed by atoms with van der Waals surface area (Å²) >= 11 is 1.71. The molecule has 5 rings (SSSR count). The SMILES string of the molecule is COC(=O)c1ccc(-c2nc(NCc3cccc([N+](=O)[O-])c3)c3c4c(sc3n2)CCCC4)cc1. The van der Waals surface area contributed by atoms with Gasteiger partial charge < -0.3 is 10.1 Å². The van der Waals surface area contributed by atoms with E-state index in [-0.39, 0.29) is 5.69 Å². The number of hydrogen-bond donors (Lipinski definition) is 1. The molecule has 0 fully saturated rings. The number of anilines is 1. The van der Waals surface area contributed by atoms with Crippen LogP contribution in [0.4, 0.5) is 11.5 Å². The lowest BCUT2D eigenvalue weighted by atomic mass is 9.97. The maximum Gasteiger partial charge on any atom is 0.337 e. The van der Waals surface area contributed by atoms with Crippen LogP contribution in [0.5, 0.6) is 0 Å². The average Bonchev–Trinajstić information content (AvgIpc) is 3.25. The van der Waals surface area contributed by atoms with Crippen LogP contribution >= 0.6 is 11.3 Å². The minimum atomic E-state index is -0.395. The number of benzene rings is 2. The van der Waals surface area contributed by atoms with Crippen molar-refractivity contribution in [2.24, 2.45) is 0 Å². The summed E-state index contributed by atoms with van der Waals surface area (Å²) in [5.74, 6) is 0.889. The second-order valence-electron chi connectivity index (χ2n) is 8.14. The molecule has 0 unspecified atom stereocenters. The second kappa shape index (κ2) is 9.18. The van der Waals surface area contributed by atoms with Crippen molar-refractivity contribution in [1.29, 1.82) is 0 Å². The summed E-state index contributed by atoms with van der Waals surface area (Å²) in [6.07, 6.45) is 4.35. The Hall–Kier alpha value is -3.85. The number of aromatic nitrogens is 2. The quantitative estimate of drug-likeness (QED) is 0.222. The van der Waals surface area contributed by atoms with Gasteiger partial charge in [0.25, 0.3) is 5.69 Å². The molecule has 34 heavy (non-hydrogen) atoms. The lowest BCUT2D eigenvalue weighted by Crippen LogP contribution is -2.06. The van der Waals surface area contributed by atoms with E-state index in [1.807, 2.05) is 18.2 Å². The fraction of sp³-hybridized carbons (Fsp3) is 0.240. The zero-order valence-electron chi connectivity index (χ0n) is 18.5. The predicted molar refractivity (Wildman–Crippen MR) is 131 cm³/mol. The number of carbonyl (C=O) groups excluding carboxylic acids is 1. The topological polar surface area (TPSA) is 107 Å². The van der Waals surface area contributed by atoms with E-state index >= 15 is 0 Å². The molecule has 0 saturated heterocycles. The lowest BCUT2D eigenvalue weighted by molar-refractivity contribution is -0.384. The van der Waals surface area contributed by atoms with E-state index in [4.69, 9.17) is 14.7 Å². The summed E-state index contributed by atoms with van der Waals surface area (Å²) in [6.45, 7) is 0.402. The molecular weight excluding hydrogens is 452 g/mol. The second-order valence-corrected chi connectivity index (χ2v) is 9.22. The molecule has 0 aliphatic heterocycles. The van der Waals surface area contributed by atoms with Crippen LogP contribution in [0.15, 0.2) is 48.5 Å². The molecule has 4 aromatic rings. The Morgan fingerprint density at radius 2 is 1.94 bits per heavy atom. The molecule has 9 heteroatoms. The van der Waals surface area contributed by atoms with E-state index in [2.05, 4.69) is 5.32 Å². The third-order valence-corrected chi connectivity index (χ3v) is 7.15. The highest BCUT2D eigenvalue weighted by molar-refractivity contribution is 7.19. The fourth-order valence-electron chi connectivity index (χ4n) is 4.25. The Morgan fingerprint density at radius 3 is 2.71 bits per heavy atom. The van der Waals surface area contributed by atoms with Crippen molar-refractivity contribution in [2.45, 2.75) is 32.2 Å². The maximum absolute atomic E-state index is 11.8. The first-order chi connectivity index (χ1) is 16.5. The van der Waals surface area contributed by atoms with Gasteiger partial charge in [-0.2, -0.15) is 0 Å². The Kier molecular flexibility index (Phi) is 5.93. The van der Waals surface area contributed by atoms with Crippen LogP contribution in [0.2, 0.25) is 0 Å². The van der Waals surface area contributed by atoms with Gasteiger partial charge in [-0.25, -0.2) is 14.8 Å². The number of hydrogen-bond acceptors (Lipinski definition) is 8. The molecule has 172 valence electrons. The first kappa shape index (κ1) is 22.0. The van der Waals surface area contributed by atoms with Crippen molar-refractivity contribution < 1.29 is 14.5 Å². The van der Waals surface area contributed by atoms with E-state index in [0.717, 1.165) is 46.4 Å². The fourth-order valence-corrected chi connectivity index (χ4v) is 5.51. The van der Waals surface area contributed by atoms with E-state index in [9.17, 15) is 14.9 Å². The highest BCUT2D eigenvalue weighted by Crippen LogP contribution is 2.39. The standard InChI is InChI=1S/C25H22N4O4S/c1-33-25(30)17-11-9-16(10-12-17)22-27-23(26-14-15-5-4-6-18(13-15)29(31)32)21-19-7-2-3-8-20(19)34-24(21)28-22/h4-6,9-13H,2-3,7-8,14H2,1H3,(H,26,27,28). The summed E-state index contributed by atoms with van der Waals surface area (Å²) in [7, 11) is 1.35. The number of nitrogens with one attached hydrogen (secondary N) is 1. The van der Waals surface area contributed by atoms with Crippen molar-refractivity contribution in [3.8, 4) is 11.4 Å². The largest absolute Gasteiger partial charge is 0.465 e. The molecule has 1 aliphatic carbocycles. The molecule has 2 aromatic heterocycles. The van der Waals surface area contributed by atoms with Crippen molar-refractivity contribution in [1.82, 2.24) is 9.97 Å². The van der Waals surface area contributed by atoms with Gasteiger partial charge in [-0.05, 0) is 48.9 Å². The Morgan fingerprint density at radius 1 is 1.15 bits per heavy atom. The van der Waals surface area contributed by atoms with Gasteiger partial charge in [0.1, 0.15) is 10.6 Å². The van der Waals surface area contributed by atoms with Crippen LogP contribution in [0.25, 0.3) is 21.6 Å². The Labute approximate surface area is 199 Å². The molecule has 0 spiro atoms. The van der Waals surface area contributed by atoms with Gasteiger partial charge in [-0.3, -0.25) is 10.1 Å². The number of esters is 1. The van der Waals surface area contributed by atoms with Gasteiger partial charge in [-0.15, -0.1) is 11.3 Å². The van der Waals surface area contributed by atoms with Gasteiger partial charge in [0.2, 0.25) is 0 Å². The molecule has 0 atom stereocenters. The van der Waals surface area contributed by atoms with E-state index in [0.29, 0.717) is 17.9 Å². The minimum absolute atomic E-state index is 0.0615. The van der Waals surface area contributed by atoms with E-state index < -0.39 is 10.9 Å². The van der Waals surface area contributed by atoms with Gasteiger partial charge >= 0.3 is 5.97 Å². The van der Waals surface area contributed by atoms with Crippen LogP contribution in [-0.2, 0) is 24.1 Å². The van der Waals surface area contributed by atoms with Gasteiger partial charge in [0.05, 0.1) is 23.0 Å². The smallest absolute Gasteiger partial charge is 0.337 e. The number of ether oxygens (including phenoxy) is 1. The van der Waals surface area contributed by atoms with Crippen molar-refractivity contribution in [3.05, 3.63) is 80.2 Å². The van der Waals surface area contributed by atoms with Crippen LogP contribution in [0.1, 0.15) is 39.2 Å². The molecule has 1 N–H and O–H groups in total. The Balaban J connectivity index is 1.54. The van der Waals surface area contributed by atoms with E-state index in [1.165, 1.54) is 30.0 Å². The number of fused-ring (bicyclic) bond motifs is 3. The average molecular weight is 475 g/mol. The third kappa shape index (κ3) is 4.22. The summed E-state index contributed by atoms with van der Waals surface area (Å²) < 4.78 is 4.78. The van der Waals surface area contributed by atoms with Gasteiger partial charge in [0, 0.05) is 29.1 Å². The third-order valence-electron chi connectivity index (χ3n) is 5.96. The molecular formula is C25H22N4O4S. The summed E-state index contributed by atoms with van der Waals surface area (Å²) in [6, 6.07) is 13.6. The van der Waals surface area contributed by atoms with Crippen LogP contribution in [0.3, 0.4) is 0 Å². The van der Waals surface area contributed by atoms with E-state index in [1.54, 1.807) is 35.6 Å². The number of thiophene rings is 1. The summed E-state index contributed by atoms with van der Waals surface area (Å²) in [4.78, 5) is 34.5. The number of carbonyl (C=O) groups is 1. The number of methoxy groups -OCH3 is 1. The van der Waals surface area contributed by atoms with Crippen LogP contribution < -0.4 is 5.32 Å². The lowest BCUT2D eigenvalue weighted by Gasteiger charge is -2.13. The first-order valence-corrected chi connectivity index (χ1v) is 11.8. The zero-order chi connectivity index (χ0) is 23.7. The maximum atomic E-state index is 11.8. The summed E-state index contributed by atoms with van der Waals surface area (Å²) in [5.41, 5.74) is 3.42. The zero-order valence-corrected chi connectivity index (χ0v) is 19.4. The first-order valence-electron chi connectivity index (χ1n) is 11.0. The van der Waals surface area contributed by atoms with Gasteiger partial charge in [-0.1, -0.05) is 24.3 Å². The molecule has 0 amide bonds. The molecule has 0 bridgehead atoms. The summed E-state index contributed by atoms with van der Waals surface area (Å²) in [5, 5.41) is 15.6. The normalized spacial score (nSPS) is 12.9. The highest BCUT2D eigenvalue weighted by Gasteiger charge is 2.22. The highest BCUT2D eigenvalue weighted by atomic mass is 32.1. The molecule has 2 heterocycles. The van der Waals surface area contributed by atoms with Crippen LogP contribution in [0, 0.1) is 10.1 Å². The molecule has 0 saturated carbocycles. The number of nitro benzene ring substituents is 1. The number of nitrogens with zero attached hydrogens (tertiary/aromatic N) is 3. The predicted octanol–water partition coefficient (Wildman–Crippen LogP) is 5.54. The molecule has 0 radical (unpaired) electrons. The molecule has 1 aliphatic rings. The van der Waals surface area contributed by atoms with Gasteiger partial charge in [0.15, 0.2) is 5.82 Å². The number of nitro groups is 1. The van der Waals surface area contributed by atoms with Crippen molar-refractivity contribution >= 4 is 39.0 Å². The van der Waals surface area contributed by atoms with Crippen LogP contribution in [-0.4, -0.2) is 28.0 Å². The number of aryl methyl sites for hydroxylation is 2. The molecule has 2 aromatic carbocycles. The Bertz CT molecular complexity index is 1400. The minimum Gasteiger partial charge on any atom is -0.465 e. The number of rotatable bonds is 6. The number of non-ortho nitro benzene ring substituents is 1. The van der Waals surface area contributed by atoms with Crippen molar-refractivity contribution in [2.75, 3.05) is 12.4 Å².